The van der Waals surface area contributed by atoms with Crippen molar-refractivity contribution in [1.82, 2.24) is 10.2 Å². The first-order valence-corrected chi connectivity index (χ1v) is 7.44. The highest BCUT2D eigenvalue weighted by Crippen LogP contribution is 2.29. The van der Waals surface area contributed by atoms with Crippen LogP contribution in [0.4, 0.5) is 18.0 Å². The van der Waals surface area contributed by atoms with E-state index in [1.807, 2.05) is 6.07 Å². The van der Waals surface area contributed by atoms with Crippen LogP contribution >= 0.6 is 0 Å². The lowest BCUT2D eigenvalue weighted by Crippen LogP contribution is -2.36. The van der Waals surface area contributed by atoms with Gasteiger partial charge in [0, 0.05) is 20.1 Å². The standard InChI is InChI=1S/C18H16F3N3O/c1-24(12-15-6-2-4-13(8-15)10-22)17(25)23-11-14-5-3-7-16(9-14)18(19,20)21/h2-9H,11-12H2,1H3,(H,23,25). The summed E-state index contributed by atoms with van der Waals surface area (Å²) in [5.74, 6) is 0. The Hall–Kier alpha value is -3.01. The van der Waals surface area contributed by atoms with E-state index < -0.39 is 17.8 Å². The Kier molecular flexibility index (Phi) is 5.65. The van der Waals surface area contributed by atoms with Crippen LogP contribution in [0.25, 0.3) is 0 Å². The Bertz CT molecular complexity index is 797. The second-order valence-electron chi connectivity index (χ2n) is 5.53. The molecule has 0 aromatic heterocycles. The van der Waals surface area contributed by atoms with Crippen molar-refractivity contribution in [3.63, 3.8) is 0 Å². The summed E-state index contributed by atoms with van der Waals surface area (Å²) in [5.41, 5.74) is 0.898. The van der Waals surface area contributed by atoms with Crippen LogP contribution in [-0.2, 0) is 19.3 Å². The zero-order valence-corrected chi connectivity index (χ0v) is 13.5. The van der Waals surface area contributed by atoms with Crippen LogP contribution in [0.15, 0.2) is 48.5 Å². The van der Waals surface area contributed by atoms with Gasteiger partial charge in [0.2, 0.25) is 0 Å². The van der Waals surface area contributed by atoms with Crippen LogP contribution in [-0.4, -0.2) is 18.0 Å². The number of halogens is 3. The summed E-state index contributed by atoms with van der Waals surface area (Å²) in [6.07, 6.45) is -4.41. The van der Waals surface area contributed by atoms with Crippen LogP contribution in [0.5, 0.6) is 0 Å². The van der Waals surface area contributed by atoms with E-state index in [1.165, 1.54) is 17.0 Å². The quantitative estimate of drug-likeness (QED) is 0.911. The van der Waals surface area contributed by atoms with Crippen molar-refractivity contribution in [1.29, 1.82) is 5.26 Å². The highest BCUT2D eigenvalue weighted by molar-refractivity contribution is 5.73. The molecule has 25 heavy (non-hydrogen) atoms. The predicted molar refractivity (Wildman–Crippen MR) is 86.3 cm³/mol. The number of amides is 2. The van der Waals surface area contributed by atoms with Gasteiger partial charge >= 0.3 is 12.2 Å². The average molecular weight is 347 g/mol. The van der Waals surface area contributed by atoms with Crippen molar-refractivity contribution in [2.24, 2.45) is 0 Å². The Morgan fingerprint density at radius 1 is 1.16 bits per heavy atom. The fourth-order valence-electron chi connectivity index (χ4n) is 2.26. The molecule has 4 nitrogen and oxygen atoms in total. The number of hydrogen-bond donors (Lipinski definition) is 1. The van der Waals surface area contributed by atoms with Gasteiger partial charge in [0.25, 0.3) is 0 Å². The highest BCUT2D eigenvalue weighted by Gasteiger charge is 2.30. The summed E-state index contributed by atoms with van der Waals surface area (Å²) >= 11 is 0. The van der Waals surface area contributed by atoms with E-state index in [2.05, 4.69) is 5.32 Å². The Balaban J connectivity index is 1.94. The number of nitriles is 1. The molecule has 2 rings (SSSR count). The molecule has 0 spiro atoms. The molecule has 7 heteroatoms. The molecule has 0 radical (unpaired) electrons. The monoisotopic (exact) mass is 347 g/mol. The zero-order chi connectivity index (χ0) is 18.4. The largest absolute Gasteiger partial charge is 0.416 e. The van der Waals surface area contributed by atoms with Gasteiger partial charge in [-0.25, -0.2) is 4.79 Å². The number of carbonyl (C=O) groups is 1. The highest BCUT2D eigenvalue weighted by atomic mass is 19.4. The van der Waals surface area contributed by atoms with Crippen molar-refractivity contribution >= 4 is 6.03 Å². The number of carbonyl (C=O) groups excluding carboxylic acids is 1. The lowest BCUT2D eigenvalue weighted by molar-refractivity contribution is -0.137. The van der Waals surface area contributed by atoms with Gasteiger partial charge in [0.05, 0.1) is 17.2 Å². The van der Waals surface area contributed by atoms with E-state index in [9.17, 15) is 18.0 Å². The van der Waals surface area contributed by atoms with Crippen LogP contribution in [0.1, 0.15) is 22.3 Å². The second-order valence-corrected chi connectivity index (χ2v) is 5.53. The molecule has 2 aromatic carbocycles. The van der Waals surface area contributed by atoms with Crippen molar-refractivity contribution in [3.05, 3.63) is 70.8 Å². The van der Waals surface area contributed by atoms with Gasteiger partial charge in [0.1, 0.15) is 0 Å². The summed E-state index contributed by atoms with van der Waals surface area (Å²) in [6.45, 7) is 0.273. The van der Waals surface area contributed by atoms with Gasteiger partial charge in [-0.15, -0.1) is 0 Å². The van der Waals surface area contributed by atoms with Crippen molar-refractivity contribution in [2.45, 2.75) is 19.3 Å². The molecule has 130 valence electrons. The Morgan fingerprint density at radius 3 is 2.52 bits per heavy atom. The van der Waals surface area contributed by atoms with Crippen LogP contribution in [0, 0.1) is 11.3 Å². The summed E-state index contributed by atoms with van der Waals surface area (Å²) in [5, 5.41) is 11.5. The maximum absolute atomic E-state index is 12.7. The Morgan fingerprint density at radius 2 is 1.84 bits per heavy atom. The Labute approximate surface area is 143 Å². The second kappa shape index (κ2) is 7.71. The molecule has 2 amide bonds. The van der Waals surface area contributed by atoms with Crippen molar-refractivity contribution < 1.29 is 18.0 Å². The lowest BCUT2D eigenvalue weighted by atomic mass is 10.1. The van der Waals surface area contributed by atoms with E-state index in [0.717, 1.165) is 17.7 Å². The third-order valence-electron chi connectivity index (χ3n) is 3.52. The number of nitrogens with zero attached hydrogens (tertiary/aromatic N) is 2. The molecule has 2 aromatic rings. The number of benzene rings is 2. The minimum atomic E-state index is -4.41. The normalized spacial score (nSPS) is 10.8. The summed E-state index contributed by atoms with van der Waals surface area (Å²) in [6, 6.07) is 13.3. The molecule has 0 saturated carbocycles. The van der Waals surface area contributed by atoms with E-state index in [0.29, 0.717) is 11.1 Å². The average Bonchev–Trinajstić information content (AvgIpc) is 2.59. The third kappa shape index (κ3) is 5.24. The third-order valence-corrected chi connectivity index (χ3v) is 3.52. The molecule has 0 aliphatic carbocycles. The number of nitrogens with one attached hydrogen (secondary N) is 1. The minimum absolute atomic E-state index is 0.00860. The molecule has 1 N–H and O–H groups in total. The van der Waals surface area contributed by atoms with E-state index in [4.69, 9.17) is 5.26 Å². The van der Waals surface area contributed by atoms with Crippen molar-refractivity contribution in [2.75, 3.05) is 7.05 Å². The van der Waals surface area contributed by atoms with Crippen LogP contribution in [0.2, 0.25) is 0 Å². The number of alkyl halides is 3. The molecular weight excluding hydrogens is 331 g/mol. The first kappa shape index (κ1) is 18.3. The first-order chi connectivity index (χ1) is 11.8. The van der Waals surface area contributed by atoms with E-state index in [1.54, 1.807) is 31.3 Å². The fourth-order valence-corrected chi connectivity index (χ4v) is 2.26. The SMILES string of the molecule is CN(Cc1cccc(C#N)c1)C(=O)NCc1cccc(C(F)(F)F)c1. The lowest BCUT2D eigenvalue weighted by Gasteiger charge is -2.18. The molecule has 0 aliphatic rings. The van der Waals surface area contributed by atoms with Gasteiger partial charge in [-0.2, -0.15) is 18.4 Å². The van der Waals surface area contributed by atoms with E-state index in [-0.39, 0.29) is 13.1 Å². The number of rotatable bonds is 4. The van der Waals surface area contributed by atoms with Crippen LogP contribution in [0.3, 0.4) is 0 Å². The molecule has 0 heterocycles. The molecule has 0 bridgehead atoms. The predicted octanol–water partition coefficient (Wildman–Crippen LogP) is 3.92. The van der Waals surface area contributed by atoms with Gasteiger partial charge in [-0.1, -0.05) is 24.3 Å². The van der Waals surface area contributed by atoms with Gasteiger partial charge in [-0.05, 0) is 35.4 Å². The van der Waals surface area contributed by atoms with Gasteiger partial charge in [0.15, 0.2) is 0 Å². The molecule has 0 atom stereocenters. The topological polar surface area (TPSA) is 56.1 Å². The molecule has 0 unspecified atom stereocenters. The zero-order valence-electron chi connectivity index (χ0n) is 13.5. The maximum atomic E-state index is 12.7. The minimum Gasteiger partial charge on any atom is -0.334 e. The molecule has 0 saturated heterocycles. The number of urea groups is 1. The smallest absolute Gasteiger partial charge is 0.334 e. The number of hydrogen-bond acceptors (Lipinski definition) is 2. The summed E-state index contributed by atoms with van der Waals surface area (Å²) in [7, 11) is 1.57. The summed E-state index contributed by atoms with van der Waals surface area (Å²) in [4.78, 5) is 13.5. The van der Waals surface area contributed by atoms with Gasteiger partial charge in [-0.3, -0.25) is 0 Å². The maximum Gasteiger partial charge on any atom is 0.416 e. The fraction of sp³-hybridized carbons (Fsp3) is 0.222. The van der Waals surface area contributed by atoms with E-state index >= 15 is 0 Å². The van der Waals surface area contributed by atoms with Crippen LogP contribution < -0.4 is 5.32 Å². The molecule has 0 aliphatic heterocycles. The first-order valence-electron chi connectivity index (χ1n) is 7.44. The van der Waals surface area contributed by atoms with Gasteiger partial charge < -0.3 is 10.2 Å². The summed E-state index contributed by atoms with van der Waals surface area (Å²) < 4.78 is 38.0. The molecular formula is C18H16F3N3O. The molecule has 0 fully saturated rings. The van der Waals surface area contributed by atoms with Crippen molar-refractivity contribution in [3.8, 4) is 6.07 Å².